The smallest absolute Gasteiger partial charge is 0.280 e. The molecule has 4 rings (SSSR count). The molecule has 1 saturated carbocycles. The van der Waals surface area contributed by atoms with Crippen molar-refractivity contribution < 1.29 is 23.1 Å². The van der Waals surface area contributed by atoms with Gasteiger partial charge in [0.15, 0.2) is 10.5 Å². The number of alkyl halides is 2. The first-order valence-electron chi connectivity index (χ1n) is 12.1. The van der Waals surface area contributed by atoms with E-state index in [9.17, 15) is 18.4 Å². The third-order valence-electron chi connectivity index (χ3n) is 6.08. The number of pyridine rings is 1. The fraction of sp³-hybridized carbons (Fsp3) is 0.407. The second-order valence-electron chi connectivity index (χ2n) is 9.39. The topological polar surface area (TPSA) is 95.9 Å². The molecule has 0 saturated heterocycles. The van der Waals surface area contributed by atoms with Gasteiger partial charge in [0, 0.05) is 37.1 Å². The van der Waals surface area contributed by atoms with Crippen LogP contribution in [0.1, 0.15) is 47.8 Å². The second kappa shape index (κ2) is 11.8. The van der Waals surface area contributed by atoms with Crippen molar-refractivity contribution in [3.63, 3.8) is 0 Å². The highest BCUT2D eigenvalue weighted by molar-refractivity contribution is 8.14. The summed E-state index contributed by atoms with van der Waals surface area (Å²) >= 11 is 1.29. The predicted octanol–water partition coefficient (Wildman–Crippen LogP) is 4.04. The molecule has 0 radical (unpaired) electrons. The van der Waals surface area contributed by atoms with Crippen LogP contribution in [0.2, 0.25) is 0 Å². The van der Waals surface area contributed by atoms with E-state index in [0.29, 0.717) is 28.6 Å². The molecule has 200 valence electrons. The molecule has 0 spiro atoms. The fourth-order valence-corrected chi connectivity index (χ4v) is 4.67. The number of hydrazone groups is 1. The number of carbonyl (C=O) groups is 2. The van der Waals surface area contributed by atoms with Gasteiger partial charge in [0.1, 0.15) is 11.4 Å². The molecule has 1 aliphatic heterocycles. The molecule has 1 aromatic heterocycles. The van der Waals surface area contributed by atoms with Crippen molar-refractivity contribution in [2.24, 2.45) is 16.9 Å². The zero-order valence-electron chi connectivity index (χ0n) is 21.5. The summed E-state index contributed by atoms with van der Waals surface area (Å²) in [6, 6.07) is 6.33. The number of benzene rings is 1. The lowest BCUT2D eigenvalue weighted by Gasteiger charge is -2.19. The SMILES string of the molecule is COc1cnc(C(F)F)cc1-c1cc(C[C@H](C)C(=O)N(C)C)ccc1C(=O)NC1=NNC(C#CC2CC2)S1. The Bertz CT molecular complexity index is 1320. The molecule has 1 unspecified atom stereocenters. The number of rotatable bonds is 7. The lowest BCUT2D eigenvalue weighted by molar-refractivity contribution is -0.132. The normalized spacial score (nSPS) is 17.1. The molecule has 11 heteroatoms. The van der Waals surface area contributed by atoms with Crippen LogP contribution in [0.5, 0.6) is 5.75 Å². The fourth-order valence-electron chi connectivity index (χ4n) is 3.96. The van der Waals surface area contributed by atoms with Crippen LogP contribution in [0, 0.1) is 23.7 Å². The first kappa shape index (κ1) is 27.4. The van der Waals surface area contributed by atoms with Crippen molar-refractivity contribution in [2.45, 2.75) is 38.0 Å². The highest BCUT2D eigenvalue weighted by Gasteiger charge is 2.25. The molecule has 1 aromatic carbocycles. The number of ether oxygens (including phenoxy) is 1. The van der Waals surface area contributed by atoms with Gasteiger partial charge in [0.2, 0.25) is 5.91 Å². The first-order chi connectivity index (χ1) is 18.2. The van der Waals surface area contributed by atoms with Crippen molar-refractivity contribution in [1.82, 2.24) is 20.6 Å². The molecule has 38 heavy (non-hydrogen) atoms. The minimum atomic E-state index is -2.80. The van der Waals surface area contributed by atoms with Crippen LogP contribution in [-0.2, 0) is 11.2 Å². The number of aromatic nitrogens is 1. The van der Waals surface area contributed by atoms with Crippen molar-refractivity contribution in [2.75, 3.05) is 21.2 Å². The summed E-state index contributed by atoms with van der Waals surface area (Å²) in [5, 5.41) is 7.06. The number of halogens is 2. The van der Waals surface area contributed by atoms with Gasteiger partial charge in [-0.15, -0.1) is 0 Å². The van der Waals surface area contributed by atoms with E-state index in [1.807, 2.05) is 6.92 Å². The van der Waals surface area contributed by atoms with Gasteiger partial charge in [-0.25, -0.2) is 8.78 Å². The van der Waals surface area contributed by atoms with Crippen molar-refractivity contribution in [3.8, 4) is 28.7 Å². The average Bonchev–Trinajstić information content (AvgIpc) is 3.63. The highest BCUT2D eigenvalue weighted by atomic mass is 32.2. The monoisotopic (exact) mass is 541 g/mol. The Morgan fingerprint density at radius 2 is 2.00 bits per heavy atom. The van der Waals surface area contributed by atoms with E-state index in [2.05, 4.69) is 32.7 Å². The van der Waals surface area contributed by atoms with Crippen LogP contribution in [0.15, 0.2) is 35.6 Å². The van der Waals surface area contributed by atoms with Gasteiger partial charge in [-0.3, -0.25) is 25.3 Å². The number of nitrogens with zero attached hydrogens (tertiary/aromatic N) is 3. The van der Waals surface area contributed by atoms with Gasteiger partial charge in [-0.05, 0) is 54.3 Å². The van der Waals surface area contributed by atoms with Crippen LogP contribution in [-0.4, -0.2) is 53.4 Å². The van der Waals surface area contributed by atoms with Gasteiger partial charge < -0.3 is 9.64 Å². The van der Waals surface area contributed by atoms with E-state index in [0.717, 1.165) is 18.4 Å². The molecule has 2 amide bonds. The molecular formula is C27H29F2N5O3S. The van der Waals surface area contributed by atoms with Crippen LogP contribution in [0.3, 0.4) is 0 Å². The number of hydrogen-bond donors (Lipinski definition) is 2. The number of nitrogens with one attached hydrogen (secondary N) is 2. The van der Waals surface area contributed by atoms with E-state index in [-0.39, 0.29) is 28.5 Å². The lowest BCUT2D eigenvalue weighted by Crippen LogP contribution is -2.29. The summed E-state index contributed by atoms with van der Waals surface area (Å²) in [6.45, 7) is 1.82. The van der Waals surface area contributed by atoms with Gasteiger partial charge in [0.25, 0.3) is 12.3 Å². The zero-order valence-corrected chi connectivity index (χ0v) is 22.4. The Morgan fingerprint density at radius 3 is 2.66 bits per heavy atom. The maximum Gasteiger partial charge on any atom is 0.280 e. The summed E-state index contributed by atoms with van der Waals surface area (Å²) in [5.41, 5.74) is 4.14. The first-order valence-corrected chi connectivity index (χ1v) is 13.0. The Morgan fingerprint density at radius 1 is 1.24 bits per heavy atom. The standard InChI is InChI=1S/C27H29F2N5O3S/c1-15(26(36)34(2)3)11-17-7-9-18(19(12-17)20-13-21(24(28)29)30-14-22(20)37-4)25(35)31-27-33-32-23(38-27)10-8-16-5-6-16/h7,9,12-16,23-24,32H,5-6,11H2,1-4H3,(H,31,33,35)/t15-,23?/m0/s1. The molecule has 0 bridgehead atoms. The molecule has 2 heterocycles. The number of methoxy groups -OCH3 is 1. The predicted molar refractivity (Wildman–Crippen MR) is 143 cm³/mol. The van der Waals surface area contributed by atoms with Crippen LogP contribution >= 0.6 is 11.8 Å². The minimum Gasteiger partial charge on any atom is -0.494 e. The molecule has 2 aromatic rings. The summed E-state index contributed by atoms with van der Waals surface area (Å²) in [5.74, 6) is 6.13. The highest BCUT2D eigenvalue weighted by Crippen LogP contribution is 2.36. The van der Waals surface area contributed by atoms with E-state index < -0.39 is 18.0 Å². The second-order valence-corrected chi connectivity index (χ2v) is 10.5. The van der Waals surface area contributed by atoms with Crippen LogP contribution < -0.4 is 15.5 Å². The summed E-state index contributed by atoms with van der Waals surface area (Å²) in [6.07, 6.45) is 1.03. The van der Waals surface area contributed by atoms with E-state index in [1.54, 1.807) is 32.3 Å². The maximum atomic E-state index is 13.5. The summed E-state index contributed by atoms with van der Waals surface area (Å²) in [7, 11) is 4.78. The van der Waals surface area contributed by atoms with Crippen molar-refractivity contribution >= 4 is 28.7 Å². The largest absolute Gasteiger partial charge is 0.494 e. The molecule has 8 nitrogen and oxygen atoms in total. The Hall–Kier alpha value is -3.65. The van der Waals surface area contributed by atoms with E-state index in [1.165, 1.54) is 36.0 Å². The Kier molecular flexibility index (Phi) is 8.52. The lowest BCUT2D eigenvalue weighted by atomic mass is 9.92. The van der Waals surface area contributed by atoms with Gasteiger partial charge in [-0.2, -0.15) is 5.10 Å². The summed E-state index contributed by atoms with van der Waals surface area (Å²) in [4.78, 5) is 31.1. The number of amidine groups is 1. The third kappa shape index (κ3) is 6.61. The quantitative estimate of drug-likeness (QED) is 0.514. The van der Waals surface area contributed by atoms with Gasteiger partial charge >= 0.3 is 0 Å². The number of carbonyl (C=O) groups excluding carboxylic acids is 2. The van der Waals surface area contributed by atoms with Crippen molar-refractivity contribution in [3.05, 3.63) is 47.3 Å². The van der Waals surface area contributed by atoms with Gasteiger partial charge in [-0.1, -0.05) is 30.9 Å². The number of hydrogen-bond acceptors (Lipinski definition) is 7. The van der Waals surface area contributed by atoms with E-state index in [4.69, 9.17) is 4.74 Å². The minimum absolute atomic E-state index is 0.0436. The van der Waals surface area contributed by atoms with Crippen LogP contribution in [0.25, 0.3) is 11.1 Å². The third-order valence-corrected chi connectivity index (χ3v) is 6.96. The maximum absolute atomic E-state index is 13.5. The average molecular weight is 542 g/mol. The summed E-state index contributed by atoms with van der Waals surface area (Å²) < 4.78 is 32.5. The number of thioether (sulfide) groups is 1. The van der Waals surface area contributed by atoms with Crippen LogP contribution in [0.4, 0.5) is 8.78 Å². The molecule has 2 atom stereocenters. The molecule has 2 N–H and O–H groups in total. The molecule has 1 fully saturated rings. The molecule has 1 aliphatic carbocycles. The van der Waals surface area contributed by atoms with E-state index >= 15 is 0 Å². The Labute approximate surface area is 224 Å². The molecule has 2 aliphatic rings. The number of amides is 2. The van der Waals surface area contributed by atoms with Crippen molar-refractivity contribution in [1.29, 1.82) is 0 Å². The zero-order chi connectivity index (χ0) is 27.4. The Balaban J connectivity index is 1.66. The molecular weight excluding hydrogens is 512 g/mol. The van der Waals surface area contributed by atoms with Gasteiger partial charge in [0.05, 0.1) is 13.3 Å².